The van der Waals surface area contributed by atoms with Crippen LogP contribution in [-0.4, -0.2) is 11.1 Å². The second-order valence-corrected chi connectivity index (χ2v) is 3.91. The van der Waals surface area contributed by atoms with Crippen LogP contribution in [0.4, 0.5) is 8.78 Å². The van der Waals surface area contributed by atoms with Crippen LogP contribution in [0.25, 0.3) is 17.2 Å². The fourth-order valence-corrected chi connectivity index (χ4v) is 1.74. The Morgan fingerprint density at radius 3 is 2.47 bits per heavy atom. The summed E-state index contributed by atoms with van der Waals surface area (Å²) in [6.45, 7) is 0. The molecule has 19 heavy (non-hydrogen) atoms. The summed E-state index contributed by atoms with van der Waals surface area (Å²) < 4.78 is 26.5. The minimum absolute atomic E-state index is 0.435. The van der Waals surface area contributed by atoms with Gasteiger partial charge in [-0.3, -0.25) is 0 Å². The maximum absolute atomic E-state index is 13.3. The predicted molar refractivity (Wildman–Crippen MR) is 68.5 cm³/mol. The summed E-state index contributed by atoms with van der Waals surface area (Å²) in [4.78, 5) is 10.5. The van der Waals surface area contributed by atoms with E-state index in [9.17, 15) is 13.6 Å². The molecule has 0 fully saturated rings. The predicted octanol–water partition coefficient (Wildman–Crippen LogP) is 3.73. The second-order valence-electron chi connectivity index (χ2n) is 3.91. The number of hydrogen-bond acceptors (Lipinski definition) is 1. The first kappa shape index (κ1) is 13.0. The van der Waals surface area contributed by atoms with Gasteiger partial charge in [0, 0.05) is 6.08 Å². The lowest BCUT2D eigenvalue weighted by molar-refractivity contribution is -0.131. The largest absolute Gasteiger partial charge is 0.478 e. The number of benzene rings is 2. The van der Waals surface area contributed by atoms with Crippen molar-refractivity contribution in [2.45, 2.75) is 0 Å². The van der Waals surface area contributed by atoms with Crippen LogP contribution in [0.1, 0.15) is 5.56 Å². The average Bonchev–Trinajstić information content (AvgIpc) is 2.37. The molecular formula is C15H10F2O2. The quantitative estimate of drug-likeness (QED) is 0.854. The lowest BCUT2D eigenvalue weighted by Crippen LogP contribution is -1.89. The Balaban J connectivity index is 2.54. The van der Waals surface area contributed by atoms with Crippen LogP contribution >= 0.6 is 0 Å². The molecule has 2 rings (SSSR count). The third-order valence-corrected chi connectivity index (χ3v) is 2.56. The number of rotatable bonds is 3. The van der Waals surface area contributed by atoms with Crippen LogP contribution < -0.4 is 0 Å². The van der Waals surface area contributed by atoms with Crippen LogP contribution in [0, 0.1) is 11.6 Å². The number of aliphatic carboxylic acids is 1. The molecule has 0 aliphatic rings. The highest BCUT2D eigenvalue weighted by Gasteiger charge is 2.06. The van der Waals surface area contributed by atoms with E-state index >= 15 is 0 Å². The lowest BCUT2D eigenvalue weighted by atomic mass is 9.99. The molecule has 2 aromatic carbocycles. The van der Waals surface area contributed by atoms with E-state index < -0.39 is 17.6 Å². The van der Waals surface area contributed by atoms with Gasteiger partial charge in [0.2, 0.25) is 0 Å². The van der Waals surface area contributed by atoms with E-state index in [0.717, 1.165) is 6.08 Å². The van der Waals surface area contributed by atoms with E-state index in [0.29, 0.717) is 16.7 Å². The van der Waals surface area contributed by atoms with Crippen molar-refractivity contribution in [2.24, 2.45) is 0 Å². The highest BCUT2D eigenvalue weighted by molar-refractivity contribution is 5.87. The normalized spacial score (nSPS) is 10.8. The Labute approximate surface area is 108 Å². The summed E-state index contributed by atoms with van der Waals surface area (Å²) in [5, 5.41) is 8.61. The number of carboxylic acids is 1. The smallest absolute Gasteiger partial charge is 0.328 e. The van der Waals surface area contributed by atoms with Gasteiger partial charge < -0.3 is 5.11 Å². The van der Waals surface area contributed by atoms with Gasteiger partial charge >= 0.3 is 5.97 Å². The maximum Gasteiger partial charge on any atom is 0.328 e. The molecule has 0 aromatic heterocycles. The molecule has 0 atom stereocenters. The molecule has 2 nitrogen and oxygen atoms in total. The van der Waals surface area contributed by atoms with Crippen molar-refractivity contribution in [3.63, 3.8) is 0 Å². The van der Waals surface area contributed by atoms with E-state index in [1.165, 1.54) is 42.5 Å². The molecule has 2 aromatic rings. The van der Waals surface area contributed by atoms with E-state index in [1.54, 1.807) is 6.07 Å². The third kappa shape index (κ3) is 3.25. The minimum atomic E-state index is -1.10. The van der Waals surface area contributed by atoms with Gasteiger partial charge in [0.1, 0.15) is 11.6 Å². The second kappa shape index (κ2) is 5.44. The molecule has 0 radical (unpaired) electrons. The zero-order chi connectivity index (χ0) is 13.8. The maximum atomic E-state index is 13.3. The van der Waals surface area contributed by atoms with Crippen molar-refractivity contribution in [2.75, 3.05) is 0 Å². The summed E-state index contributed by atoms with van der Waals surface area (Å²) in [5.74, 6) is -2.00. The van der Waals surface area contributed by atoms with E-state index in [2.05, 4.69) is 0 Å². The van der Waals surface area contributed by atoms with Gasteiger partial charge in [0.25, 0.3) is 0 Å². The Morgan fingerprint density at radius 2 is 1.79 bits per heavy atom. The van der Waals surface area contributed by atoms with Gasteiger partial charge in [0.05, 0.1) is 0 Å². The van der Waals surface area contributed by atoms with Gasteiger partial charge in [-0.2, -0.15) is 0 Å². The molecule has 96 valence electrons. The third-order valence-electron chi connectivity index (χ3n) is 2.56. The summed E-state index contributed by atoms with van der Waals surface area (Å²) in [5.41, 5.74) is 1.44. The first-order chi connectivity index (χ1) is 9.06. The fourth-order valence-electron chi connectivity index (χ4n) is 1.74. The van der Waals surface area contributed by atoms with Gasteiger partial charge in [-0.1, -0.05) is 18.2 Å². The molecule has 0 aliphatic carbocycles. The van der Waals surface area contributed by atoms with Crippen molar-refractivity contribution < 1.29 is 18.7 Å². The SMILES string of the molecule is O=C(O)/C=C/c1ccc(F)cc1-c1cccc(F)c1. The molecule has 0 saturated heterocycles. The first-order valence-electron chi connectivity index (χ1n) is 5.53. The van der Waals surface area contributed by atoms with Crippen molar-refractivity contribution in [1.29, 1.82) is 0 Å². The van der Waals surface area contributed by atoms with E-state index in [-0.39, 0.29) is 0 Å². The van der Waals surface area contributed by atoms with Crippen LogP contribution in [-0.2, 0) is 4.79 Å². The molecule has 0 aliphatic heterocycles. The Kier molecular flexibility index (Phi) is 3.71. The summed E-state index contributed by atoms with van der Waals surface area (Å²) >= 11 is 0. The molecule has 0 saturated carbocycles. The summed E-state index contributed by atoms with van der Waals surface area (Å²) in [6.07, 6.45) is 2.30. The van der Waals surface area contributed by atoms with Crippen LogP contribution in [0.15, 0.2) is 48.5 Å². The van der Waals surface area contributed by atoms with Crippen LogP contribution in [0.5, 0.6) is 0 Å². The molecule has 0 spiro atoms. The monoisotopic (exact) mass is 260 g/mol. The Bertz CT molecular complexity index is 648. The molecule has 0 bridgehead atoms. The highest BCUT2D eigenvalue weighted by atomic mass is 19.1. The summed E-state index contributed by atoms with van der Waals surface area (Å²) in [6, 6.07) is 9.63. The number of carbonyl (C=O) groups is 1. The standard InChI is InChI=1S/C15H10F2O2/c16-12-3-1-2-11(8-12)14-9-13(17)6-4-10(14)5-7-15(18)19/h1-9H,(H,18,19)/b7-5+. The molecule has 4 heteroatoms. The minimum Gasteiger partial charge on any atom is -0.478 e. The Morgan fingerprint density at radius 1 is 1.05 bits per heavy atom. The topological polar surface area (TPSA) is 37.3 Å². The van der Waals surface area contributed by atoms with Crippen molar-refractivity contribution in [1.82, 2.24) is 0 Å². The lowest BCUT2D eigenvalue weighted by Gasteiger charge is -2.07. The zero-order valence-corrected chi connectivity index (χ0v) is 9.81. The molecule has 1 N–H and O–H groups in total. The van der Waals surface area contributed by atoms with E-state index in [4.69, 9.17) is 5.11 Å². The fraction of sp³-hybridized carbons (Fsp3) is 0. The molecule has 0 heterocycles. The van der Waals surface area contributed by atoms with Gasteiger partial charge in [-0.15, -0.1) is 0 Å². The van der Waals surface area contributed by atoms with Crippen molar-refractivity contribution in [3.05, 3.63) is 65.7 Å². The van der Waals surface area contributed by atoms with Crippen LogP contribution in [0.2, 0.25) is 0 Å². The first-order valence-corrected chi connectivity index (χ1v) is 5.53. The van der Waals surface area contributed by atoms with Crippen molar-refractivity contribution >= 4 is 12.0 Å². The average molecular weight is 260 g/mol. The number of carboxylic acid groups (broad SMARTS) is 1. The summed E-state index contributed by atoms with van der Waals surface area (Å²) in [7, 11) is 0. The van der Waals surface area contributed by atoms with Gasteiger partial charge in [0.15, 0.2) is 0 Å². The molecular weight excluding hydrogens is 250 g/mol. The Hall–Kier alpha value is -2.49. The van der Waals surface area contributed by atoms with E-state index in [1.807, 2.05) is 0 Å². The van der Waals surface area contributed by atoms with Gasteiger partial charge in [-0.05, 0) is 47.0 Å². The van der Waals surface area contributed by atoms with Gasteiger partial charge in [-0.25, -0.2) is 13.6 Å². The molecule has 0 unspecified atom stereocenters. The van der Waals surface area contributed by atoms with Crippen molar-refractivity contribution in [3.8, 4) is 11.1 Å². The zero-order valence-electron chi connectivity index (χ0n) is 9.81. The highest BCUT2D eigenvalue weighted by Crippen LogP contribution is 2.26. The molecule has 0 amide bonds. The number of hydrogen-bond donors (Lipinski definition) is 1. The van der Waals surface area contributed by atoms with Crippen LogP contribution in [0.3, 0.4) is 0 Å². The number of halogens is 2.